The van der Waals surface area contributed by atoms with E-state index in [0.717, 1.165) is 63.1 Å². The summed E-state index contributed by atoms with van der Waals surface area (Å²) < 4.78 is 10.7. The number of anilines is 1. The number of halogens is 1. The van der Waals surface area contributed by atoms with E-state index in [1.165, 1.54) is 12.1 Å². The van der Waals surface area contributed by atoms with Crippen molar-refractivity contribution in [3.05, 3.63) is 60.2 Å². The maximum Gasteiger partial charge on any atom is 0.191 e. The van der Waals surface area contributed by atoms with Crippen LogP contribution in [0.4, 0.5) is 5.69 Å². The summed E-state index contributed by atoms with van der Waals surface area (Å²) >= 11 is 0. The van der Waals surface area contributed by atoms with E-state index < -0.39 is 0 Å². The molecular weight excluding hydrogens is 515 g/mol. The number of para-hydroxylation sites is 1. The van der Waals surface area contributed by atoms with E-state index in [4.69, 9.17) is 14.5 Å². The van der Waals surface area contributed by atoms with Crippen LogP contribution in [0.25, 0.3) is 0 Å². The van der Waals surface area contributed by atoms with Crippen molar-refractivity contribution >= 4 is 35.6 Å². The van der Waals surface area contributed by atoms with Gasteiger partial charge in [-0.05, 0) is 55.5 Å². The van der Waals surface area contributed by atoms with Gasteiger partial charge in [-0.15, -0.1) is 24.0 Å². The Morgan fingerprint density at radius 1 is 1.09 bits per heavy atom. The van der Waals surface area contributed by atoms with Gasteiger partial charge in [0.05, 0.1) is 13.7 Å². The van der Waals surface area contributed by atoms with Gasteiger partial charge in [0, 0.05) is 45.1 Å². The Labute approximate surface area is 209 Å². The smallest absolute Gasteiger partial charge is 0.191 e. The van der Waals surface area contributed by atoms with Crippen molar-refractivity contribution in [1.29, 1.82) is 0 Å². The number of nitrogens with one attached hydrogen (secondary N) is 2. The fourth-order valence-corrected chi connectivity index (χ4v) is 3.71. The minimum Gasteiger partial charge on any atom is -0.497 e. The molecule has 1 heterocycles. The molecule has 0 radical (unpaired) electrons. The highest BCUT2D eigenvalue weighted by molar-refractivity contribution is 14.0. The number of ether oxygens (including phenoxy) is 2. The van der Waals surface area contributed by atoms with Crippen LogP contribution >= 0.6 is 24.0 Å². The molecule has 1 aliphatic heterocycles. The zero-order chi connectivity index (χ0) is 21.7. The highest BCUT2D eigenvalue weighted by Gasteiger charge is 2.22. The molecule has 1 unspecified atom stereocenters. The lowest BCUT2D eigenvalue weighted by Crippen LogP contribution is -2.41. The average molecular weight is 553 g/mol. The van der Waals surface area contributed by atoms with E-state index in [1.807, 2.05) is 19.1 Å². The molecule has 2 N–H and O–H groups in total. The van der Waals surface area contributed by atoms with Crippen LogP contribution in [-0.4, -0.2) is 52.5 Å². The maximum atomic E-state index is 5.44. The van der Waals surface area contributed by atoms with Crippen LogP contribution in [0.15, 0.2) is 59.6 Å². The Bertz CT molecular complexity index is 786. The second kappa shape index (κ2) is 14.9. The number of aliphatic imine (C=N–C) groups is 1. The monoisotopic (exact) mass is 552 g/mol. The average Bonchev–Trinajstić information content (AvgIpc) is 3.30. The first kappa shape index (κ1) is 26.3. The number of nitrogens with zero attached hydrogens (tertiary/aromatic N) is 2. The van der Waals surface area contributed by atoms with Gasteiger partial charge in [0.25, 0.3) is 0 Å². The third-order valence-corrected chi connectivity index (χ3v) is 5.51. The summed E-state index contributed by atoms with van der Waals surface area (Å²) in [7, 11) is 1.68. The van der Waals surface area contributed by atoms with Gasteiger partial charge in [-0.1, -0.05) is 30.3 Å². The first-order valence-electron chi connectivity index (χ1n) is 11.3. The lowest BCUT2D eigenvalue weighted by Gasteiger charge is -2.19. The molecule has 0 aliphatic carbocycles. The first-order chi connectivity index (χ1) is 15.3. The molecule has 0 spiro atoms. The molecule has 0 saturated carbocycles. The quantitative estimate of drug-likeness (QED) is 0.189. The molecular formula is C25H37IN4O2. The predicted octanol–water partition coefficient (Wildman–Crippen LogP) is 4.30. The molecule has 1 atom stereocenters. The summed E-state index contributed by atoms with van der Waals surface area (Å²) in [4.78, 5) is 7.27. The fraction of sp³-hybridized carbons (Fsp3) is 0.480. The van der Waals surface area contributed by atoms with Crippen molar-refractivity contribution in [2.45, 2.75) is 26.3 Å². The van der Waals surface area contributed by atoms with Crippen LogP contribution in [0.5, 0.6) is 5.75 Å². The summed E-state index contributed by atoms with van der Waals surface area (Å²) in [6, 6.07) is 18.7. The van der Waals surface area contributed by atoms with Crippen LogP contribution in [0, 0.1) is 5.92 Å². The number of guanidine groups is 1. The van der Waals surface area contributed by atoms with Crippen molar-refractivity contribution in [2.24, 2.45) is 10.9 Å². The van der Waals surface area contributed by atoms with Crippen molar-refractivity contribution in [2.75, 3.05) is 51.4 Å². The highest BCUT2D eigenvalue weighted by atomic mass is 127. The largest absolute Gasteiger partial charge is 0.497 e. The molecule has 32 heavy (non-hydrogen) atoms. The van der Waals surface area contributed by atoms with Crippen molar-refractivity contribution in [3.8, 4) is 5.75 Å². The standard InChI is InChI=1S/C25H36N4O2.HI/c1-3-31-17-7-15-26-25(27-18-21-10-12-24(30-2)13-11-21)28-19-22-14-16-29(20-22)23-8-5-4-6-9-23;/h4-6,8-13,22H,3,7,14-20H2,1-2H3,(H2,26,27,28);1H. The molecule has 7 heteroatoms. The second-order valence-electron chi connectivity index (χ2n) is 7.81. The molecule has 0 bridgehead atoms. The Hall–Kier alpha value is -2.00. The Morgan fingerprint density at radius 2 is 1.88 bits per heavy atom. The van der Waals surface area contributed by atoms with E-state index in [1.54, 1.807) is 7.11 Å². The molecule has 1 aliphatic rings. The normalized spacial score (nSPS) is 15.9. The third-order valence-electron chi connectivity index (χ3n) is 5.51. The summed E-state index contributed by atoms with van der Waals surface area (Å²) in [5.41, 5.74) is 2.47. The lowest BCUT2D eigenvalue weighted by molar-refractivity contribution is 0.145. The summed E-state index contributed by atoms with van der Waals surface area (Å²) in [6.45, 7) is 8.13. The number of methoxy groups -OCH3 is 1. The van der Waals surface area contributed by atoms with E-state index >= 15 is 0 Å². The van der Waals surface area contributed by atoms with Gasteiger partial charge in [0.15, 0.2) is 5.96 Å². The third kappa shape index (κ3) is 8.86. The molecule has 2 aromatic rings. The zero-order valence-corrected chi connectivity index (χ0v) is 21.6. The highest BCUT2D eigenvalue weighted by Crippen LogP contribution is 2.22. The van der Waals surface area contributed by atoms with E-state index in [0.29, 0.717) is 12.5 Å². The van der Waals surface area contributed by atoms with Gasteiger partial charge in [-0.2, -0.15) is 0 Å². The van der Waals surface area contributed by atoms with Gasteiger partial charge in [-0.3, -0.25) is 0 Å². The SMILES string of the molecule is CCOCCCNC(=NCc1ccc(OC)cc1)NCC1CCN(c2ccccc2)C1.I. The molecule has 1 saturated heterocycles. The maximum absolute atomic E-state index is 5.44. The van der Waals surface area contributed by atoms with Gasteiger partial charge in [-0.25, -0.2) is 4.99 Å². The molecule has 2 aromatic carbocycles. The van der Waals surface area contributed by atoms with Crippen molar-refractivity contribution in [1.82, 2.24) is 10.6 Å². The Kier molecular flexibility index (Phi) is 12.3. The molecule has 6 nitrogen and oxygen atoms in total. The van der Waals surface area contributed by atoms with E-state index in [9.17, 15) is 0 Å². The van der Waals surface area contributed by atoms with Gasteiger partial charge < -0.3 is 25.0 Å². The number of benzene rings is 2. The van der Waals surface area contributed by atoms with E-state index in [2.05, 4.69) is 58.0 Å². The topological polar surface area (TPSA) is 58.1 Å². The van der Waals surface area contributed by atoms with Crippen molar-refractivity contribution < 1.29 is 9.47 Å². The molecule has 0 aromatic heterocycles. The van der Waals surface area contributed by atoms with Crippen LogP contribution in [-0.2, 0) is 11.3 Å². The van der Waals surface area contributed by atoms with Crippen LogP contribution in [0.1, 0.15) is 25.3 Å². The predicted molar refractivity (Wildman–Crippen MR) is 143 cm³/mol. The first-order valence-corrected chi connectivity index (χ1v) is 11.3. The summed E-state index contributed by atoms with van der Waals surface area (Å²) in [5.74, 6) is 2.34. The van der Waals surface area contributed by atoms with E-state index in [-0.39, 0.29) is 24.0 Å². The van der Waals surface area contributed by atoms with Gasteiger partial charge >= 0.3 is 0 Å². The van der Waals surface area contributed by atoms with Crippen LogP contribution < -0.4 is 20.3 Å². The van der Waals surface area contributed by atoms with Gasteiger partial charge in [0.1, 0.15) is 5.75 Å². The lowest BCUT2D eigenvalue weighted by atomic mass is 10.1. The molecule has 176 valence electrons. The van der Waals surface area contributed by atoms with Crippen molar-refractivity contribution in [3.63, 3.8) is 0 Å². The minimum atomic E-state index is 0. The Balaban J connectivity index is 0.00000363. The fourth-order valence-electron chi connectivity index (χ4n) is 3.71. The number of hydrogen-bond acceptors (Lipinski definition) is 4. The van der Waals surface area contributed by atoms with Gasteiger partial charge in [0.2, 0.25) is 0 Å². The van der Waals surface area contributed by atoms with Crippen LogP contribution in [0.2, 0.25) is 0 Å². The zero-order valence-electron chi connectivity index (χ0n) is 19.3. The number of hydrogen-bond donors (Lipinski definition) is 2. The minimum absolute atomic E-state index is 0. The molecule has 1 fully saturated rings. The second-order valence-corrected chi connectivity index (χ2v) is 7.81. The molecule has 3 rings (SSSR count). The summed E-state index contributed by atoms with van der Waals surface area (Å²) in [5, 5.41) is 7.02. The number of rotatable bonds is 11. The van der Waals surface area contributed by atoms with Crippen LogP contribution in [0.3, 0.4) is 0 Å². The Morgan fingerprint density at radius 3 is 2.59 bits per heavy atom. The summed E-state index contributed by atoms with van der Waals surface area (Å²) in [6.07, 6.45) is 2.15. The molecule has 0 amide bonds.